The molecule has 1 nitrogen and oxygen atoms in total. The molecule has 0 bridgehead atoms. The van der Waals surface area contributed by atoms with Gasteiger partial charge in [0.1, 0.15) is 0 Å². The van der Waals surface area contributed by atoms with E-state index in [2.05, 4.69) is 4.98 Å². The first-order valence-corrected chi connectivity index (χ1v) is 4.46. The maximum atomic E-state index is 13.4. The summed E-state index contributed by atoms with van der Waals surface area (Å²) in [4.78, 5) is 3.78. The normalized spacial score (nSPS) is 10.1. The van der Waals surface area contributed by atoms with E-state index in [0.717, 1.165) is 5.56 Å². The van der Waals surface area contributed by atoms with Crippen LogP contribution in [0, 0.1) is 12.9 Å². The number of aryl methyl sites for hydroxylation is 1. The molecule has 0 unspecified atom stereocenters. The van der Waals surface area contributed by atoms with E-state index in [1.54, 1.807) is 13.0 Å². The van der Waals surface area contributed by atoms with E-state index >= 15 is 0 Å². The summed E-state index contributed by atoms with van der Waals surface area (Å²) in [5, 5.41) is 0. The zero-order chi connectivity index (χ0) is 9.97. The van der Waals surface area contributed by atoms with E-state index in [1.165, 1.54) is 0 Å². The highest BCUT2D eigenvalue weighted by Crippen LogP contribution is 2.20. The minimum Gasteiger partial charge on any atom is -0.225 e. The fraction of sp³-hybridized carbons (Fsp3) is 0.0833. The van der Waals surface area contributed by atoms with Crippen LogP contribution in [0.3, 0.4) is 0 Å². The van der Waals surface area contributed by atoms with Gasteiger partial charge in [0, 0.05) is 11.3 Å². The van der Waals surface area contributed by atoms with Crippen LogP contribution in [0.1, 0.15) is 5.69 Å². The Morgan fingerprint density at radius 3 is 2.36 bits per heavy atom. The average Bonchev–Trinajstić information content (AvgIpc) is 2.19. The number of aromatic nitrogens is 1. The van der Waals surface area contributed by atoms with Gasteiger partial charge in [-0.3, -0.25) is 0 Å². The molecule has 1 aromatic carbocycles. The molecule has 0 atom stereocenters. The highest BCUT2D eigenvalue weighted by Gasteiger charge is 2.04. The van der Waals surface area contributed by atoms with Crippen LogP contribution < -0.4 is 0 Å². The van der Waals surface area contributed by atoms with E-state index < -0.39 is 5.95 Å². The van der Waals surface area contributed by atoms with Gasteiger partial charge in [0.15, 0.2) is 0 Å². The Kier molecular flexibility index (Phi) is 2.27. The molecule has 0 amide bonds. The van der Waals surface area contributed by atoms with Crippen LogP contribution in [0.5, 0.6) is 0 Å². The van der Waals surface area contributed by atoms with Crippen molar-refractivity contribution >= 4 is 0 Å². The van der Waals surface area contributed by atoms with Crippen LogP contribution >= 0.6 is 0 Å². The van der Waals surface area contributed by atoms with Gasteiger partial charge in [0.25, 0.3) is 0 Å². The number of rotatable bonds is 1. The van der Waals surface area contributed by atoms with Gasteiger partial charge in [-0.25, -0.2) is 4.98 Å². The van der Waals surface area contributed by atoms with Gasteiger partial charge >= 0.3 is 0 Å². The standard InChI is InChI=1S/C12H10FN/c1-9-7-8-11(12(13)14-9)10-5-3-2-4-6-10/h2-8H,1H3. The van der Waals surface area contributed by atoms with Gasteiger partial charge in [0.2, 0.25) is 5.95 Å². The molecule has 70 valence electrons. The van der Waals surface area contributed by atoms with Crippen LogP contribution in [-0.4, -0.2) is 4.98 Å². The Balaban J connectivity index is 2.53. The van der Waals surface area contributed by atoms with Gasteiger partial charge in [-0.05, 0) is 24.6 Å². The predicted molar refractivity (Wildman–Crippen MR) is 54.4 cm³/mol. The molecule has 0 saturated carbocycles. The monoisotopic (exact) mass is 187 g/mol. The number of benzene rings is 1. The molecule has 2 aromatic rings. The Morgan fingerprint density at radius 1 is 1.00 bits per heavy atom. The fourth-order valence-corrected chi connectivity index (χ4v) is 1.36. The maximum absolute atomic E-state index is 13.4. The highest BCUT2D eigenvalue weighted by atomic mass is 19.1. The first-order valence-electron chi connectivity index (χ1n) is 4.46. The molecule has 0 aliphatic carbocycles. The topological polar surface area (TPSA) is 12.9 Å². The zero-order valence-corrected chi connectivity index (χ0v) is 7.87. The van der Waals surface area contributed by atoms with E-state index in [0.29, 0.717) is 11.3 Å². The molecule has 14 heavy (non-hydrogen) atoms. The molecular formula is C12H10FN. The first kappa shape index (κ1) is 8.88. The molecule has 0 saturated heterocycles. The lowest BCUT2D eigenvalue weighted by atomic mass is 10.1. The molecule has 2 heteroatoms. The third-order valence-corrected chi connectivity index (χ3v) is 2.07. The van der Waals surface area contributed by atoms with Crippen molar-refractivity contribution in [3.8, 4) is 11.1 Å². The quantitative estimate of drug-likeness (QED) is 0.625. The van der Waals surface area contributed by atoms with Crippen molar-refractivity contribution in [2.45, 2.75) is 6.92 Å². The second-order valence-electron chi connectivity index (χ2n) is 3.16. The van der Waals surface area contributed by atoms with Crippen molar-refractivity contribution in [2.24, 2.45) is 0 Å². The summed E-state index contributed by atoms with van der Waals surface area (Å²) in [7, 11) is 0. The fourth-order valence-electron chi connectivity index (χ4n) is 1.36. The van der Waals surface area contributed by atoms with Crippen molar-refractivity contribution in [1.29, 1.82) is 0 Å². The Hall–Kier alpha value is -1.70. The van der Waals surface area contributed by atoms with E-state index in [-0.39, 0.29) is 0 Å². The summed E-state index contributed by atoms with van der Waals surface area (Å²) in [6.07, 6.45) is 0. The van der Waals surface area contributed by atoms with Crippen LogP contribution in [0.15, 0.2) is 42.5 Å². The molecule has 0 aliphatic rings. The van der Waals surface area contributed by atoms with Gasteiger partial charge < -0.3 is 0 Å². The Morgan fingerprint density at radius 2 is 1.71 bits per heavy atom. The Bertz CT molecular complexity index is 437. The van der Waals surface area contributed by atoms with Crippen LogP contribution in [0.2, 0.25) is 0 Å². The number of halogens is 1. The summed E-state index contributed by atoms with van der Waals surface area (Å²) >= 11 is 0. The van der Waals surface area contributed by atoms with Gasteiger partial charge in [-0.15, -0.1) is 0 Å². The summed E-state index contributed by atoms with van der Waals surface area (Å²) in [6, 6.07) is 13.0. The molecular weight excluding hydrogens is 177 g/mol. The van der Waals surface area contributed by atoms with Crippen LogP contribution in [0.4, 0.5) is 4.39 Å². The largest absolute Gasteiger partial charge is 0.225 e. The zero-order valence-electron chi connectivity index (χ0n) is 7.87. The van der Waals surface area contributed by atoms with Crippen molar-refractivity contribution in [2.75, 3.05) is 0 Å². The molecule has 0 aliphatic heterocycles. The van der Waals surface area contributed by atoms with Crippen molar-refractivity contribution in [3.63, 3.8) is 0 Å². The lowest BCUT2D eigenvalue weighted by Crippen LogP contribution is -1.90. The SMILES string of the molecule is Cc1ccc(-c2ccccc2)c(F)n1. The second kappa shape index (κ2) is 3.58. The summed E-state index contributed by atoms with van der Waals surface area (Å²) in [6.45, 7) is 1.78. The molecule has 2 rings (SSSR count). The highest BCUT2D eigenvalue weighted by molar-refractivity contribution is 5.62. The lowest BCUT2D eigenvalue weighted by Gasteiger charge is -2.02. The third kappa shape index (κ3) is 1.64. The minimum atomic E-state index is -0.406. The summed E-state index contributed by atoms with van der Waals surface area (Å²) in [5.41, 5.74) is 2.11. The molecule has 0 radical (unpaired) electrons. The van der Waals surface area contributed by atoms with Crippen molar-refractivity contribution < 1.29 is 4.39 Å². The number of hydrogen-bond donors (Lipinski definition) is 0. The number of pyridine rings is 1. The van der Waals surface area contributed by atoms with E-state index in [9.17, 15) is 4.39 Å². The number of hydrogen-bond acceptors (Lipinski definition) is 1. The van der Waals surface area contributed by atoms with Gasteiger partial charge in [-0.1, -0.05) is 30.3 Å². The minimum absolute atomic E-state index is 0.406. The van der Waals surface area contributed by atoms with Gasteiger partial charge in [0.05, 0.1) is 0 Å². The van der Waals surface area contributed by atoms with Crippen LogP contribution in [-0.2, 0) is 0 Å². The van der Waals surface area contributed by atoms with Gasteiger partial charge in [-0.2, -0.15) is 4.39 Å². The third-order valence-electron chi connectivity index (χ3n) is 2.07. The molecule has 0 fully saturated rings. The van der Waals surface area contributed by atoms with Crippen molar-refractivity contribution in [3.05, 3.63) is 54.1 Å². The van der Waals surface area contributed by atoms with Crippen LogP contribution in [0.25, 0.3) is 11.1 Å². The first-order chi connectivity index (χ1) is 6.77. The second-order valence-corrected chi connectivity index (χ2v) is 3.16. The van der Waals surface area contributed by atoms with E-state index in [1.807, 2.05) is 36.4 Å². The number of nitrogens with zero attached hydrogens (tertiary/aromatic N) is 1. The molecule has 0 spiro atoms. The molecule has 1 heterocycles. The summed E-state index contributed by atoms with van der Waals surface area (Å²) < 4.78 is 13.4. The smallest absolute Gasteiger partial charge is 0.220 e. The van der Waals surface area contributed by atoms with Crippen molar-refractivity contribution in [1.82, 2.24) is 4.98 Å². The summed E-state index contributed by atoms with van der Waals surface area (Å²) in [5.74, 6) is -0.406. The molecule has 0 N–H and O–H groups in total. The molecule has 1 aromatic heterocycles. The Labute approximate surface area is 82.2 Å². The average molecular weight is 187 g/mol. The lowest BCUT2D eigenvalue weighted by molar-refractivity contribution is 0.584. The predicted octanol–water partition coefficient (Wildman–Crippen LogP) is 3.20. The van der Waals surface area contributed by atoms with E-state index in [4.69, 9.17) is 0 Å². The maximum Gasteiger partial charge on any atom is 0.220 e.